The standard InChI is InChI=1S/C13H26N2/c1-3-12(4-2)7-9-15(10-8-12)11-13(14)5-6-13/h3-11,14H2,1-2H3. The van der Waals surface area contributed by atoms with Gasteiger partial charge in [0.15, 0.2) is 0 Å². The summed E-state index contributed by atoms with van der Waals surface area (Å²) in [6, 6.07) is 0. The van der Waals surface area contributed by atoms with Crippen molar-refractivity contribution in [2.45, 2.75) is 57.9 Å². The van der Waals surface area contributed by atoms with E-state index in [9.17, 15) is 0 Å². The van der Waals surface area contributed by atoms with E-state index < -0.39 is 0 Å². The van der Waals surface area contributed by atoms with Crippen molar-refractivity contribution in [1.82, 2.24) is 4.90 Å². The first-order chi connectivity index (χ1) is 7.11. The molecule has 1 saturated heterocycles. The van der Waals surface area contributed by atoms with Crippen molar-refractivity contribution in [3.8, 4) is 0 Å². The van der Waals surface area contributed by atoms with E-state index >= 15 is 0 Å². The maximum Gasteiger partial charge on any atom is 0.0284 e. The SMILES string of the molecule is CCC1(CC)CCN(CC2(N)CC2)CC1. The first-order valence-electron chi connectivity index (χ1n) is 6.63. The molecule has 2 rings (SSSR count). The molecule has 1 heterocycles. The molecule has 1 saturated carbocycles. The molecule has 2 fully saturated rings. The van der Waals surface area contributed by atoms with Crippen LogP contribution in [0.5, 0.6) is 0 Å². The molecule has 0 aromatic heterocycles. The molecule has 0 radical (unpaired) electrons. The summed E-state index contributed by atoms with van der Waals surface area (Å²) in [6.45, 7) is 8.41. The first kappa shape index (κ1) is 11.4. The molecule has 2 N–H and O–H groups in total. The van der Waals surface area contributed by atoms with Gasteiger partial charge in [-0.05, 0) is 44.2 Å². The van der Waals surface area contributed by atoms with Crippen LogP contribution in [-0.2, 0) is 0 Å². The van der Waals surface area contributed by atoms with Crippen molar-refractivity contribution in [2.24, 2.45) is 11.1 Å². The van der Waals surface area contributed by atoms with Gasteiger partial charge in [0.2, 0.25) is 0 Å². The zero-order valence-corrected chi connectivity index (χ0v) is 10.4. The molecule has 15 heavy (non-hydrogen) atoms. The average molecular weight is 210 g/mol. The summed E-state index contributed by atoms with van der Waals surface area (Å²) in [5.74, 6) is 0. The van der Waals surface area contributed by atoms with E-state index in [4.69, 9.17) is 5.73 Å². The summed E-state index contributed by atoms with van der Waals surface area (Å²) < 4.78 is 0. The largest absolute Gasteiger partial charge is 0.324 e. The van der Waals surface area contributed by atoms with Gasteiger partial charge >= 0.3 is 0 Å². The Morgan fingerprint density at radius 3 is 1.93 bits per heavy atom. The Morgan fingerprint density at radius 1 is 1.00 bits per heavy atom. The lowest BCUT2D eigenvalue weighted by Gasteiger charge is -2.41. The van der Waals surface area contributed by atoms with Gasteiger partial charge in [0, 0.05) is 12.1 Å². The molecule has 2 heteroatoms. The second-order valence-electron chi connectivity index (χ2n) is 5.85. The predicted octanol–water partition coefficient (Wildman–Crippen LogP) is 2.38. The lowest BCUT2D eigenvalue weighted by atomic mass is 9.74. The molecule has 0 bridgehead atoms. The molecule has 1 aliphatic heterocycles. The third-order valence-electron chi connectivity index (χ3n) is 4.85. The molecule has 0 aromatic carbocycles. The second kappa shape index (κ2) is 4.06. The number of nitrogens with zero attached hydrogens (tertiary/aromatic N) is 1. The van der Waals surface area contributed by atoms with E-state index in [0.717, 1.165) is 6.54 Å². The fourth-order valence-electron chi connectivity index (χ4n) is 2.91. The molecule has 88 valence electrons. The van der Waals surface area contributed by atoms with Crippen LogP contribution in [0.1, 0.15) is 52.4 Å². The van der Waals surface area contributed by atoms with Crippen molar-refractivity contribution in [3.63, 3.8) is 0 Å². The van der Waals surface area contributed by atoms with Crippen LogP contribution in [0.4, 0.5) is 0 Å². The molecule has 0 spiro atoms. The van der Waals surface area contributed by atoms with E-state index in [2.05, 4.69) is 18.7 Å². The van der Waals surface area contributed by atoms with Crippen LogP contribution < -0.4 is 5.73 Å². The fraction of sp³-hybridized carbons (Fsp3) is 1.00. The fourth-order valence-corrected chi connectivity index (χ4v) is 2.91. The van der Waals surface area contributed by atoms with E-state index in [1.807, 2.05) is 0 Å². The number of hydrogen-bond donors (Lipinski definition) is 1. The maximum atomic E-state index is 6.17. The van der Waals surface area contributed by atoms with Crippen LogP contribution in [0.15, 0.2) is 0 Å². The molecule has 2 nitrogen and oxygen atoms in total. The number of rotatable bonds is 4. The highest BCUT2D eigenvalue weighted by atomic mass is 15.2. The average Bonchev–Trinajstić information content (AvgIpc) is 2.98. The molecular formula is C13H26N2. The van der Waals surface area contributed by atoms with Crippen LogP contribution in [0.3, 0.4) is 0 Å². The van der Waals surface area contributed by atoms with Crippen LogP contribution in [0, 0.1) is 5.41 Å². The van der Waals surface area contributed by atoms with E-state index in [0.29, 0.717) is 5.41 Å². The second-order valence-corrected chi connectivity index (χ2v) is 5.85. The summed E-state index contributed by atoms with van der Waals surface area (Å²) >= 11 is 0. The van der Waals surface area contributed by atoms with Crippen LogP contribution in [0.25, 0.3) is 0 Å². The summed E-state index contributed by atoms with van der Waals surface area (Å²) in [5.41, 5.74) is 7.03. The predicted molar refractivity (Wildman–Crippen MR) is 64.8 cm³/mol. The molecule has 1 aliphatic carbocycles. The van der Waals surface area contributed by atoms with E-state index in [-0.39, 0.29) is 5.54 Å². The Kier molecular flexibility index (Phi) is 3.09. The molecule has 0 atom stereocenters. The van der Waals surface area contributed by atoms with Gasteiger partial charge in [-0.1, -0.05) is 26.7 Å². The third kappa shape index (κ3) is 2.54. The lowest BCUT2D eigenvalue weighted by molar-refractivity contribution is 0.0896. The summed E-state index contributed by atoms with van der Waals surface area (Å²) in [4.78, 5) is 2.59. The van der Waals surface area contributed by atoms with Crippen molar-refractivity contribution in [2.75, 3.05) is 19.6 Å². The van der Waals surface area contributed by atoms with E-state index in [1.54, 1.807) is 0 Å². The van der Waals surface area contributed by atoms with Crippen molar-refractivity contribution in [3.05, 3.63) is 0 Å². The highest BCUT2D eigenvalue weighted by molar-refractivity contribution is 5.01. The number of likely N-dealkylation sites (tertiary alicyclic amines) is 1. The Morgan fingerprint density at radius 2 is 1.53 bits per heavy atom. The first-order valence-corrected chi connectivity index (χ1v) is 6.63. The van der Waals surface area contributed by atoms with E-state index in [1.165, 1.54) is 51.6 Å². The lowest BCUT2D eigenvalue weighted by Crippen LogP contribution is -2.46. The third-order valence-corrected chi connectivity index (χ3v) is 4.85. The quantitative estimate of drug-likeness (QED) is 0.772. The van der Waals surface area contributed by atoms with Gasteiger partial charge < -0.3 is 10.6 Å². The minimum absolute atomic E-state index is 0.207. The monoisotopic (exact) mass is 210 g/mol. The van der Waals surface area contributed by atoms with Crippen molar-refractivity contribution < 1.29 is 0 Å². The highest BCUT2D eigenvalue weighted by Crippen LogP contribution is 2.40. The Hall–Kier alpha value is -0.0800. The minimum Gasteiger partial charge on any atom is -0.324 e. The van der Waals surface area contributed by atoms with Crippen LogP contribution in [0.2, 0.25) is 0 Å². The van der Waals surface area contributed by atoms with Gasteiger partial charge in [0.1, 0.15) is 0 Å². The highest BCUT2D eigenvalue weighted by Gasteiger charge is 2.41. The topological polar surface area (TPSA) is 29.3 Å². The minimum atomic E-state index is 0.207. The number of hydrogen-bond acceptors (Lipinski definition) is 2. The number of piperidine rings is 1. The molecule has 2 aliphatic rings. The van der Waals surface area contributed by atoms with Crippen molar-refractivity contribution in [1.29, 1.82) is 0 Å². The molecule has 0 aromatic rings. The molecular weight excluding hydrogens is 184 g/mol. The maximum absolute atomic E-state index is 6.17. The summed E-state index contributed by atoms with van der Waals surface area (Å²) in [7, 11) is 0. The molecule has 0 unspecified atom stereocenters. The zero-order valence-electron chi connectivity index (χ0n) is 10.4. The smallest absolute Gasteiger partial charge is 0.0284 e. The normalized spacial score (nSPS) is 29.0. The Bertz CT molecular complexity index is 207. The van der Waals surface area contributed by atoms with Gasteiger partial charge in [0.05, 0.1) is 0 Å². The van der Waals surface area contributed by atoms with Gasteiger partial charge in [-0.2, -0.15) is 0 Å². The molecule has 0 amide bonds. The van der Waals surface area contributed by atoms with Gasteiger partial charge in [0.25, 0.3) is 0 Å². The number of nitrogens with two attached hydrogens (primary N) is 1. The summed E-state index contributed by atoms with van der Waals surface area (Å²) in [6.07, 6.45) is 7.97. The summed E-state index contributed by atoms with van der Waals surface area (Å²) in [5, 5.41) is 0. The van der Waals surface area contributed by atoms with Gasteiger partial charge in [-0.3, -0.25) is 0 Å². The van der Waals surface area contributed by atoms with Crippen molar-refractivity contribution >= 4 is 0 Å². The van der Waals surface area contributed by atoms with Gasteiger partial charge in [-0.25, -0.2) is 0 Å². The Labute approximate surface area is 94.2 Å². The Balaban J connectivity index is 1.80. The zero-order chi connectivity index (χ0) is 10.9. The van der Waals surface area contributed by atoms with Crippen LogP contribution >= 0.6 is 0 Å². The van der Waals surface area contributed by atoms with Gasteiger partial charge in [-0.15, -0.1) is 0 Å². The van der Waals surface area contributed by atoms with Crippen LogP contribution in [-0.4, -0.2) is 30.1 Å².